The normalized spacial score (nSPS) is 16.7. The van der Waals surface area contributed by atoms with Crippen LogP contribution in [0, 0.1) is 5.92 Å². The van der Waals surface area contributed by atoms with Crippen molar-refractivity contribution < 1.29 is 14.3 Å². The van der Waals surface area contributed by atoms with E-state index in [9.17, 15) is 9.59 Å². The highest BCUT2D eigenvalue weighted by molar-refractivity contribution is 5.96. The van der Waals surface area contributed by atoms with Gasteiger partial charge in [0.25, 0.3) is 0 Å². The number of carbonyl (C=O) groups is 2. The first-order valence-corrected chi connectivity index (χ1v) is 9.20. The van der Waals surface area contributed by atoms with Crippen molar-refractivity contribution in [1.29, 1.82) is 0 Å². The van der Waals surface area contributed by atoms with Gasteiger partial charge in [-0.15, -0.1) is 0 Å². The van der Waals surface area contributed by atoms with Gasteiger partial charge < -0.3 is 15.0 Å². The van der Waals surface area contributed by atoms with E-state index in [2.05, 4.69) is 5.32 Å². The molecule has 1 saturated heterocycles. The predicted octanol–water partition coefficient (Wildman–Crippen LogP) is 3.27. The van der Waals surface area contributed by atoms with Crippen molar-refractivity contribution in [1.82, 2.24) is 5.32 Å². The number of nitrogens with zero attached hydrogens (tertiary/aromatic N) is 1. The molecule has 1 fully saturated rings. The van der Waals surface area contributed by atoms with Gasteiger partial charge in [-0.1, -0.05) is 30.3 Å². The average molecular weight is 364 g/mol. The second-order valence-corrected chi connectivity index (χ2v) is 6.49. The quantitative estimate of drug-likeness (QED) is 0.767. The third-order valence-corrected chi connectivity index (χ3v) is 4.46. The number of hydrogen-bond acceptors (Lipinski definition) is 3. The molecule has 3 rings (SSSR count). The number of amides is 2. The smallest absolute Gasteiger partial charge is 0.244 e. The molecule has 27 heavy (non-hydrogen) atoms. The fourth-order valence-corrected chi connectivity index (χ4v) is 3.10. The fraction of sp³-hybridized carbons (Fsp3) is 0.273. The highest BCUT2D eigenvalue weighted by atomic mass is 16.5. The van der Waals surface area contributed by atoms with E-state index in [4.69, 9.17) is 4.74 Å². The number of ether oxygens (including phenoxy) is 1. The Bertz CT molecular complexity index is 800. The molecule has 2 aromatic rings. The molecule has 0 radical (unpaired) electrons. The molecule has 0 spiro atoms. The van der Waals surface area contributed by atoms with Gasteiger partial charge in [0.2, 0.25) is 11.8 Å². The molecular weight excluding hydrogens is 340 g/mol. The number of hydrogen-bond donors (Lipinski definition) is 1. The molecule has 1 aliphatic heterocycles. The summed E-state index contributed by atoms with van der Waals surface area (Å²) < 4.78 is 5.43. The van der Waals surface area contributed by atoms with E-state index in [1.165, 1.54) is 6.08 Å². The minimum Gasteiger partial charge on any atom is -0.494 e. The number of rotatable bonds is 7. The third-order valence-electron chi connectivity index (χ3n) is 4.46. The molecule has 1 N–H and O–H groups in total. The summed E-state index contributed by atoms with van der Waals surface area (Å²) in [5, 5.41) is 2.89. The molecular formula is C22H24N2O3. The van der Waals surface area contributed by atoms with Gasteiger partial charge >= 0.3 is 0 Å². The summed E-state index contributed by atoms with van der Waals surface area (Å²) >= 11 is 0. The molecule has 140 valence electrons. The van der Waals surface area contributed by atoms with Crippen LogP contribution in [0.1, 0.15) is 18.9 Å². The van der Waals surface area contributed by atoms with Crippen LogP contribution < -0.4 is 15.0 Å². The van der Waals surface area contributed by atoms with Crippen LogP contribution >= 0.6 is 0 Å². The fourth-order valence-electron chi connectivity index (χ4n) is 3.10. The number of carbonyl (C=O) groups excluding carboxylic acids is 2. The van der Waals surface area contributed by atoms with Crippen molar-refractivity contribution in [3.05, 3.63) is 66.2 Å². The van der Waals surface area contributed by atoms with Crippen molar-refractivity contribution >= 4 is 23.6 Å². The van der Waals surface area contributed by atoms with Gasteiger partial charge in [0, 0.05) is 37.2 Å². The van der Waals surface area contributed by atoms with Crippen LogP contribution in [-0.4, -0.2) is 31.5 Å². The Labute approximate surface area is 159 Å². The number of benzene rings is 2. The topological polar surface area (TPSA) is 58.6 Å². The molecule has 5 heteroatoms. The molecule has 1 unspecified atom stereocenters. The Morgan fingerprint density at radius 2 is 1.93 bits per heavy atom. The van der Waals surface area contributed by atoms with Crippen LogP contribution in [0.15, 0.2) is 60.7 Å². The van der Waals surface area contributed by atoms with Crippen molar-refractivity contribution in [3.63, 3.8) is 0 Å². The largest absolute Gasteiger partial charge is 0.494 e. The van der Waals surface area contributed by atoms with E-state index < -0.39 is 0 Å². The van der Waals surface area contributed by atoms with Crippen LogP contribution in [0.2, 0.25) is 0 Å². The van der Waals surface area contributed by atoms with Gasteiger partial charge in [-0.2, -0.15) is 0 Å². The van der Waals surface area contributed by atoms with Crippen molar-refractivity contribution in [2.75, 3.05) is 24.6 Å². The van der Waals surface area contributed by atoms with Crippen LogP contribution in [-0.2, 0) is 9.59 Å². The summed E-state index contributed by atoms with van der Waals surface area (Å²) in [6.45, 7) is 3.64. The van der Waals surface area contributed by atoms with Crippen LogP contribution in [0.25, 0.3) is 6.08 Å². The number of anilines is 1. The molecule has 1 atom stereocenters. The molecule has 1 aliphatic rings. The minimum atomic E-state index is -0.147. The first kappa shape index (κ1) is 18.7. The van der Waals surface area contributed by atoms with Gasteiger partial charge in [0.15, 0.2) is 0 Å². The van der Waals surface area contributed by atoms with Gasteiger partial charge in [-0.25, -0.2) is 0 Å². The lowest BCUT2D eigenvalue weighted by molar-refractivity contribution is -0.118. The summed E-state index contributed by atoms with van der Waals surface area (Å²) in [6, 6.07) is 17.2. The molecule has 2 aromatic carbocycles. The maximum Gasteiger partial charge on any atom is 0.244 e. The predicted molar refractivity (Wildman–Crippen MR) is 107 cm³/mol. The Morgan fingerprint density at radius 1 is 1.19 bits per heavy atom. The standard InChI is InChI=1S/C22H24N2O3/c1-2-27-20-11-9-19(10-12-20)24-16-18(14-22(24)26)15-23-21(25)13-8-17-6-4-3-5-7-17/h3-13,18H,2,14-16H2,1H3,(H,23,25)/b13-8-. The lowest BCUT2D eigenvalue weighted by Crippen LogP contribution is -2.30. The second kappa shape index (κ2) is 9.03. The Hall–Kier alpha value is -3.08. The van der Waals surface area contributed by atoms with Gasteiger partial charge in [-0.3, -0.25) is 9.59 Å². The zero-order chi connectivity index (χ0) is 19.1. The highest BCUT2D eigenvalue weighted by Crippen LogP contribution is 2.26. The van der Waals surface area contributed by atoms with E-state index in [0.29, 0.717) is 26.1 Å². The maximum atomic E-state index is 12.3. The van der Waals surface area contributed by atoms with E-state index in [1.54, 1.807) is 11.0 Å². The lowest BCUT2D eigenvalue weighted by Gasteiger charge is -2.17. The summed E-state index contributed by atoms with van der Waals surface area (Å²) in [6.07, 6.45) is 3.74. The van der Waals surface area contributed by atoms with Gasteiger partial charge in [-0.05, 0) is 42.8 Å². The first-order valence-electron chi connectivity index (χ1n) is 9.20. The maximum absolute atomic E-state index is 12.3. The van der Waals surface area contributed by atoms with Crippen LogP contribution in [0.5, 0.6) is 5.75 Å². The molecule has 2 amide bonds. The van der Waals surface area contributed by atoms with Gasteiger partial charge in [0.05, 0.1) is 6.61 Å². The van der Waals surface area contributed by atoms with Crippen LogP contribution in [0.4, 0.5) is 5.69 Å². The average Bonchev–Trinajstić information content (AvgIpc) is 3.07. The third kappa shape index (κ3) is 5.20. The monoisotopic (exact) mass is 364 g/mol. The van der Waals surface area contributed by atoms with Gasteiger partial charge in [0.1, 0.15) is 5.75 Å². The van der Waals surface area contributed by atoms with Crippen molar-refractivity contribution in [3.8, 4) is 5.75 Å². The van der Waals surface area contributed by atoms with Crippen molar-refractivity contribution in [2.24, 2.45) is 5.92 Å². The van der Waals surface area contributed by atoms with E-state index in [-0.39, 0.29) is 17.7 Å². The number of nitrogens with one attached hydrogen (secondary N) is 1. The molecule has 0 bridgehead atoms. The first-order chi connectivity index (χ1) is 13.2. The summed E-state index contributed by atoms with van der Waals surface area (Å²) in [5.41, 5.74) is 1.84. The molecule has 0 saturated carbocycles. The SMILES string of the molecule is CCOc1ccc(N2CC(CNC(=O)/C=C\c3ccccc3)CC2=O)cc1. The van der Waals surface area contributed by atoms with Crippen molar-refractivity contribution in [2.45, 2.75) is 13.3 Å². The summed E-state index contributed by atoms with van der Waals surface area (Å²) in [4.78, 5) is 26.1. The molecule has 5 nitrogen and oxygen atoms in total. The Balaban J connectivity index is 1.50. The molecule has 1 heterocycles. The minimum absolute atomic E-state index is 0.0817. The van der Waals surface area contributed by atoms with E-state index in [0.717, 1.165) is 17.0 Å². The molecule has 0 aliphatic carbocycles. The Kier molecular flexibility index (Phi) is 6.26. The van der Waals surface area contributed by atoms with Crippen LogP contribution in [0.3, 0.4) is 0 Å². The van der Waals surface area contributed by atoms with E-state index >= 15 is 0 Å². The summed E-state index contributed by atoms with van der Waals surface area (Å²) in [5.74, 6) is 0.837. The summed E-state index contributed by atoms with van der Waals surface area (Å²) in [7, 11) is 0. The molecule has 0 aromatic heterocycles. The highest BCUT2D eigenvalue weighted by Gasteiger charge is 2.30. The zero-order valence-electron chi connectivity index (χ0n) is 15.4. The lowest BCUT2D eigenvalue weighted by atomic mass is 10.1. The Morgan fingerprint density at radius 3 is 2.63 bits per heavy atom. The second-order valence-electron chi connectivity index (χ2n) is 6.49. The zero-order valence-corrected chi connectivity index (χ0v) is 15.4. The van der Waals surface area contributed by atoms with E-state index in [1.807, 2.05) is 61.5 Å².